The molecule has 0 spiro atoms. The van der Waals surface area contributed by atoms with Crippen molar-refractivity contribution in [1.82, 2.24) is 4.90 Å². The van der Waals surface area contributed by atoms with Gasteiger partial charge in [0.05, 0.1) is 25.8 Å². The van der Waals surface area contributed by atoms with Crippen LogP contribution in [0.3, 0.4) is 0 Å². The summed E-state index contributed by atoms with van der Waals surface area (Å²) in [6.07, 6.45) is 2.60. The van der Waals surface area contributed by atoms with E-state index in [1.165, 1.54) is 0 Å². The van der Waals surface area contributed by atoms with Crippen molar-refractivity contribution in [3.05, 3.63) is 59.2 Å². The molecule has 1 atom stereocenters. The van der Waals surface area contributed by atoms with E-state index in [1.807, 2.05) is 30.3 Å². The van der Waals surface area contributed by atoms with Crippen LogP contribution < -0.4 is 9.47 Å². The molecule has 0 unspecified atom stereocenters. The molecule has 2 aromatic carbocycles. The summed E-state index contributed by atoms with van der Waals surface area (Å²) in [5.74, 6) is 0.720. The highest BCUT2D eigenvalue weighted by Gasteiger charge is 2.32. The number of likely N-dealkylation sites (tertiary alicyclic amines) is 1. The Kier molecular flexibility index (Phi) is 6.75. The Bertz CT molecular complexity index is 862. The van der Waals surface area contributed by atoms with Gasteiger partial charge in [-0.2, -0.15) is 0 Å². The molecule has 3 rings (SSSR count). The number of amides is 1. The van der Waals surface area contributed by atoms with E-state index in [0.717, 1.165) is 30.4 Å². The van der Waals surface area contributed by atoms with Crippen LogP contribution in [-0.4, -0.2) is 44.1 Å². The summed E-state index contributed by atoms with van der Waals surface area (Å²) in [5, 5.41) is 0. The fraction of sp³-hybridized carbons (Fsp3) is 0.391. The second-order valence-corrected chi connectivity index (χ2v) is 6.98. The van der Waals surface area contributed by atoms with Crippen molar-refractivity contribution in [2.45, 2.75) is 32.2 Å². The number of hydrogen-bond acceptors (Lipinski definition) is 5. The zero-order valence-electron chi connectivity index (χ0n) is 17.1. The number of aryl methyl sites for hydroxylation is 1. The highest BCUT2D eigenvalue weighted by Crippen LogP contribution is 2.38. The number of ether oxygens (including phenoxy) is 3. The van der Waals surface area contributed by atoms with Crippen molar-refractivity contribution in [3.63, 3.8) is 0 Å². The first-order chi connectivity index (χ1) is 14.1. The third-order valence-electron chi connectivity index (χ3n) is 5.29. The predicted molar refractivity (Wildman–Crippen MR) is 109 cm³/mol. The number of rotatable bonds is 7. The molecule has 0 N–H and O–H groups in total. The summed E-state index contributed by atoms with van der Waals surface area (Å²) in [7, 11) is 3.22. The molecule has 0 aliphatic carbocycles. The zero-order valence-corrected chi connectivity index (χ0v) is 17.1. The third-order valence-corrected chi connectivity index (χ3v) is 5.29. The fourth-order valence-corrected chi connectivity index (χ4v) is 3.66. The lowest BCUT2D eigenvalue weighted by Gasteiger charge is -2.26. The van der Waals surface area contributed by atoms with E-state index in [2.05, 4.69) is 6.92 Å². The van der Waals surface area contributed by atoms with Crippen LogP contribution in [0.25, 0.3) is 0 Å². The number of methoxy groups -OCH3 is 2. The van der Waals surface area contributed by atoms with E-state index in [-0.39, 0.29) is 18.6 Å². The van der Waals surface area contributed by atoms with Gasteiger partial charge in [0.1, 0.15) is 11.5 Å². The summed E-state index contributed by atoms with van der Waals surface area (Å²) in [4.78, 5) is 26.8. The van der Waals surface area contributed by atoms with Crippen molar-refractivity contribution in [2.75, 3.05) is 27.4 Å². The monoisotopic (exact) mass is 397 g/mol. The average molecular weight is 397 g/mol. The van der Waals surface area contributed by atoms with E-state index in [4.69, 9.17) is 14.2 Å². The van der Waals surface area contributed by atoms with Crippen molar-refractivity contribution in [1.29, 1.82) is 0 Å². The summed E-state index contributed by atoms with van der Waals surface area (Å²) in [6.45, 7) is 2.39. The lowest BCUT2D eigenvalue weighted by atomic mass is 10.0. The Morgan fingerprint density at radius 1 is 1.07 bits per heavy atom. The molecular formula is C23H27NO5. The van der Waals surface area contributed by atoms with Gasteiger partial charge in [-0.05, 0) is 55.2 Å². The molecule has 6 heteroatoms. The lowest BCUT2D eigenvalue weighted by Crippen LogP contribution is -2.34. The van der Waals surface area contributed by atoms with Gasteiger partial charge in [0.25, 0.3) is 5.91 Å². The van der Waals surface area contributed by atoms with Gasteiger partial charge in [-0.25, -0.2) is 4.79 Å². The van der Waals surface area contributed by atoms with Crippen LogP contribution in [0.4, 0.5) is 0 Å². The molecule has 1 fully saturated rings. The van der Waals surface area contributed by atoms with Crippen molar-refractivity contribution >= 4 is 11.9 Å². The molecule has 0 radical (unpaired) electrons. The van der Waals surface area contributed by atoms with E-state index in [9.17, 15) is 9.59 Å². The largest absolute Gasteiger partial charge is 0.497 e. The standard InChI is InChI=1S/C23H27NO5/c1-4-16-7-9-17(10-8-16)23(26)29-15-22(25)24-13-5-6-20(24)19-14-18(27-2)11-12-21(19)28-3/h7-12,14,20H,4-6,13,15H2,1-3H3/t20-/m0/s1. The predicted octanol–water partition coefficient (Wildman–Crippen LogP) is 3.79. The van der Waals surface area contributed by atoms with Gasteiger partial charge in [0, 0.05) is 12.1 Å². The molecule has 154 valence electrons. The van der Waals surface area contributed by atoms with Gasteiger partial charge in [-0.3, -0.25) is 4.79 Å². The molecule has 2 aromatic rings. The van der Waals surface area contributed by atoms with Gasteiger partial charge in [-0.15, -0.1) is 0 Å². The van der Waals surface area contributed by atoms with Crippen LogP contribution >= 0.6 is 0 Å². The molecule has 29 heavy (non-hydrogen) atoms. The van der Waals surface area contributed by atoms with Crippen LogP contribution in [0, 0.1) is 0 Å². The Labute approximate surface area is 171 Å². The number of esters is 1. The topological polar surface area (TPSA) is 65.1 Å². The number of nitrogens with zero attached hydrogens (tertiary/aromatic N) is 1. The molecule has 0 saturated carbocycles. The summed E-state index contributed by atoms with van der Waals surface area (Å²) < 4.78 is 16.1. The van der Waals surface area contributed by atoms with Gasteiger partial charge in [0.2, 0.25) is 0 Å². The maximum Gasteiger partial charge on any atom is 0.338 e. The molecule has 1 aliphatic rings. The minimum Gasteiger partial charge on any atom is -0.497 e. The molecule has 0 bridgehead atoms. The number of carbonyl (C=O) groups is 2. The summed E-state index contributed by atoms with van der Waals surface area (Å²) in [6, 6.07) is 12.7. The molecule has 1 aliphatic heterocycles. The van der Waals surface area contributed by atoms with E-state index in [1.54, 1.807) is 31.3 Å². The highest BCUT2D eigenvalue weighted by molar-refractivity contribution is 5.91. The van der Waals surface area contributed by atoms with E-state index >= 15 is 0 Å². The van der Waals surface area contributed by atoms with Gasteiger partial charge in [0.15, 0.2) is 6.61 Å². The first-order valence-corrected chi connectivity index (χ1v) is 9.84. The SMILES string of the molecule is CCc1ccc(C(=O)OCC(=O)N2CCC[C@H]2c2cc(OC)ccc2OC)cc1. The van der Waals surface area contributed by atoms with Gasteiger partial charge >= 0.3 is 5.97 Å². The first kappa shape index (κ1) is 20.7. The molecule has 1 heterocycles. The zero-order chi connectivity index (χ0) is 20.8. The highest BCUT2D eigenvalue weighted by atomic mass is 16.5. The normalized spacial score (nSPS) is 15.8. The van der Waals surface area contributed by atoms with Crippen LogP contribution in [0.1, 0.15) is 47.3 Å². The maximum absolute atomic E-state index is 12.8. The molecular weight excluding hydrogens is 370 g/mol. The smallest absolute Gasteiger partial charge is 0.338 e. The van der Waals surface area contributed by atoms with Crippen LogP contribution in [-0.2, 0) is 16.0 Å². The first-order valence-electron chi connectivity index (χ1n) is 9.84. The Morgan fingerprint density at radius 3 is 2.48 bits per heavy atom. The Balaban J connectivity index is 1.68. The maximum atomic E-state index is 12.8. The Morgan fingerprint density at radius 2 is 1.83 bits per heavy atom. The van der Waals surface area contributed by atoms with Gasteiger partial charge in [-0.1, -0.05) is 19.1 Å². The van der Waals surface area contributed by atoms with Gasteiger partial charge < -0.3 is 19.1 Å². The summed E-state index contributed by atoms with van der Waals surface area (Å²) in [5.41, 5.74) is 2.49. The second-order valence-electron chi connectivity index (χ2n) is 6.98. The molecule has 6 nitrogen and oxygen atoms in total. The van der Waals surface area contributed by atoms with Crippen molar-refractivity contribution in [2.24, 2.45) is 0 Å². The van der Waals surface area contributed by atoms with Crippen LogP contribution in [0.15, 0.2) is 42.5 Å². The van der Waals surface area contributed by atoms with E-state index < -0.39 is 5.97 Å². The number of carbonyl (C=O) groups excluding carboxylic acids is 2. The van der Waals surface area contributed by atoms with Crippen LogP contribution in [0.5, 0.6) is 11.5 Å². The summed E-state index contributed by atoms with van der Waals surface area (Å²) >= 11 is 0. The minimum absolute atomic E-state index is 0.130. The quantitative estimate of drug-likeness (QED) is 0.665. The molecule has 0 aromatic heterocycles. The third kappa shape index (κ3) is 4.70. The Hall–Kier alpha value is -3.02. The molecule has 1 amide bonds. The molecule has 1 saturated heterocycles. The average Bonchev–Trinajstić information content (AvgIpc) is 3.26. The minimum atomic E-state index is -0.490. The second kappa shape index (κ2) is 9.45. The number of hydrogen-bond donors (Lipinski definition) is 0. The number of benzene rings is 2. The van der Waals surface area contributed by atoms with Crippen molar-refractivity contribution < 1.29 is 23.8 Å². The van der Waals surface area contributed by atoms with Crippen LogP contribution in [0.2, 0.25) is 0 Å². The fourth-order valence-electron chi connectivity index (χ4n) is 3.66. The van der Waals surface area contributed by atoms with E-state index in [0.29, 0.717) is 23.6 Å². The van der Waals surface area contributed by atoms with Crippen molar-refractivity contribution in [3.8, 4) is 11.5 Å². The lowest BCUT2D eigenvalue weighted by molar-refractivity contribution is -0.135.